The molecule has 0 unspecified atom stereocenters. The fourth-order valence-corrected chi connectivity index (χ4v) is 3.48. The van der Waals surface area contributed by atoms with Crippen LogP contribution in [0.5, 0.6) is 0 Å². The van der Waals surface area contributed by atoms with Crippen molar-refractivity contribution in [1.82, 2.24) is 9.80 Å². The summed E-state index contributed by atoms with van der Waals surface area (Å²) >= 11 is 5.91. The molecule has 136 valence electrons. The normalized spacial score (nSPS) is 23.6. The second-order valence-corrected chi connectivity index (χ2v) is 6.69. The van der Waals surface area contributed by atoms with Gasteiger partial charge in [-0.3, -0.25) is 4.79 Å². The number of nitrogens with zero attached hydrogens (tertiary/aromatic N) is 2. The van der Waals surface area contributed by atoms with Gasteiger partial charge in [-0.2, -0.15) is 13.2 Å². The Hall–Kier alpha value is -1.96. The predicted molar refractivity (Wildman–Crippen MR) is 86.4 cm³/mol. The molecule has 0 aromatic heterocycles. The van der Waals surface area contributed by atoms with Crippen LogP contribution in [0.25, 0.3) is 0 Å². The zero-order valence-electron chi connectivity index (χ0n) is 13.4. The van der Waals surface area contributed by atoms with Crippen molar-refractivity contribution < 1.29 is 22.8 Å². The number of anilines is 1. The Kier molecular flexibility index (Phi) is 4.57. The Morgan fingerprint density at radius 3 is 2.76 bits per heavy atom. The third kappa shape index (κ3) is 3.40. The lowest BCUT2D eigenvalue weighted by molar-refractivity contribution is -0.140. The van der Waals surface area contributed by atoms with Crippen LogP contribution in [-0.4, -0.2) is 46.9 Å². The fourth-order valence-electron chi connectivity index (χ4n) is 3.32. The minimum absolute atomic E-state index is 0.000156. The molecule has 2 fully saturated rings. The molecule has 2 aliphatic heterocycles. The Labute approximate surface area is 147 Å². The van der Waals surface area contributed by atoms with Crippen LogP contribution in [-0.2, 0) is 11.0 Å². The summed E-state index contributed by atoms with van der Waals surface area (Å²) in [4.78, 5) is 28.0. The third-order valence-electron chi connectivity index (χ3n) is 4.69. The highest BCUT2D eigenvalue weighted by atomic mass is 35.5. The van der Waals surface area contributed by atoms with Gasteiger partial charge in [0.05, 0.1) is 16.3 Å². The van der Waals surface area contributed by atoms with Crippen LogP contribution >= 0.6 is 11.6 Å². The Morgan fingerprint density at radius 1 is 1.36 bits per heavy atom. The number of amides is 3. The first kappa shape index (κ1) is 17.8. The molecule has 1 N–H and O–H groups in total. The van der Waals surface area contributed by atoms with Gasteiger partial charge in [0.2, 0.25) is 5.91 Å². The van der Waals surface area contributed by atoms with E-state index in [9.17, 15) is 22.8 Å². The number of nitrogens with one attached hydrogen (secondary N) is 1. The number of carbonyl (C=O) groups excluding carboxylic acids is 2. The number of piperazine rings is 1. The lowest BCUT2D eigenvalue weighted by Crippen LogP contribution is -2.60. The maximum atomic E-state index is 12.8. The van der Waals surface area contributed by atoms with Crippen LogP contribution in [0.1, 0.15) is 25.3 Å². The van der Waals surface area contributed by atoms with Crippen molar-refractivity contribution in [2.45, 2.75) is 38.0 Å². The summed E-state index contributed by atoms with van der Waals surface area (Å²) < 4.78 is 38.5. The number of rotatable bonds is 1. The summed E-state index contributed by atoms with van der Waals surface area (Å²) in [6, 6.07) is 1.39. The molecule has 9 heteroatoms. The third-order valence-corrected chi connectivity index (χ3v) is 5.02. The van der Waals surface area contributed by atoms with E-state index in [1.807, 2.05) is 0 Å². The molecule has 0 saturated carbocycles. The van der Waals surface area contributed by atoms with Crippen LogP contribution in [0.2, 0.25) is 5.02 Å². The summed E-state index contributed by atoms with van der Waals surface area (Å²) in [7, 11) is 0. The van der Waals surface area contributed by atoms with Crippen LogP contribution in [0.4, 0.5) is 23.7 Å². The summed E-state index contributed by atoms with van der Waals surface area (Å²) in [5, 5.41) is 2.41. The predicted octanol–water partition coefficient (Wildman–Crippen LogP) is 3.59. The summed E-state index contributed by atoms with van der Waals surface area (Å²) in [5.74, 6) is -0.140. The van der Waals surface area contributed by atoms with E-state index in [0.29, 0.717) is 13.1 Å². The van der Waals surface area contributed by atoms with Gasteiger partial charge in [0.25, 0.3) is 0 Å². The largest absolute Gasteiger partial charge is 0.416 e. The molecule has 25 heavy (non-hydrogen) atoms. The van der Waals surface area contributed by atoms with Gasteiger partial charge in [0, 0.05) is 19.1 Å². The average molecular weight is 376 g/mol. The minimum Gasteiger partial charge on any atom is -0.336 e. The number of hydrogen-bond donors (Lipinski definition) is 1. The van der Waals surface area contributed by atoms with Gasteiger partial charge >= 0.3 is 12.2 Å². The van der Waals surface area contributed by atoms with E-state index in [1.54, 1.807) is 11.8 Å². The summed E-state index contributed by atoms with van der Waals surface area (Å²) in [6.45, 7) is 2.66. The highest BCUT2D eigenvalue weighted by Gasteiger charge is 2.42. The average Bonchev–Trinajstić information content (AvgIpc) is 3.00. The van der Waals surface area contributed by atoms with Crippen molar-refractivity contribution in [1.29, 1.82) is 0 Å². The number of halogens is 4. The Balaban J connectivity index is 1.79. The number of hydrogen-bond acceptors (Lipinski definition) is 2. The molecule has 2 heterocycles. The van der Waals surface area contributed by atoms with E-state index in [-0.39, 0.29) is 22.7 Å². The topological polar surface area (TPSA) is 52.7 Å². The van der Waals surface area contributed by atoms with Crippen molar-refractivity contribution in [2.75, 3.05) is 18.4 Å². The highest BCUT2D eigenvalue weighted by molar-refractivity contribution is 6.33. The van der Waals surface area contributed by atoms with Gasteiger partial charge in [-0.15, -0.1) is 0 Å². The van der Waals surface area contributed by atoms with Gasteiger partial charge in [0.1, 0.15) is 6.04 Å². The molecule has 1 aromatic carbocycles. The molecular formula is C16H17ClF3N3O2. The van der Waals surface area contributed by atoms with Crippen LogP contribution in [0, 0.1) is 0 Å². The van der Waals surface area contributed by atoms with Crippen molar-refractivity contribution >= 4 is 29.2 Å². The standard InChI is InChI=1S/C16H17ClF3N3O2/c1-9-14(24)22-6-2-3-11(22)8-23(9)15(25)21-13-7-10(16(18,19)20)4-5-12(13)17/h4-5,7,9,11H,2-3,6,8H2,1H3,(H,21,25)/t9-,11-/m0/s1. The zero-order chi connectivity index (χ0) is 18.4. The molecule has 5 nitrogen and oxygen atoms in total. The van der Waals surface area contributed by atoms with Crippen molar-refractivity contribution in [3.63, 3.8) is 0 Å². The SMILES string of the molecule is C[C@H]1C(=O)N2CCC[C@H]2CN1C(=O)Nc1cc(C(F)(F)F)ccc1Cl. The van der Waals surface area contributed by atoms with Crippen LogP contribution in [0.3, 0.4) is 0 Å². The van der Waals surface area contributed by atoms with Gasteiger partial charge in [-0.05, 0) is 38.0 Å². The van der Waals surface area contributed by atoms with Gasteiger partial charge in [-0.25, -0.2) is 4.79 Å². The molecule has 2 atom stereocenters. The molecule has 2 saturated heterocycles. The monoisotopic (exact) mass is 375 g/mol. The smallest absolute Gasteiger partial charge is 0.336 e. The molecule has 3 rings (SSSR count). The second kappa shape index (κ2) is 6.40. The molecule has 0 spiro atoms. The lowest BCUT2D eigenvalue weighted by atomic mass is 10.1. The van der Waals surface area contributed by atoms with Crippen molar-refractivity contribution in [3.05, 3.63) is 28.8 Å². The number of fused-ring (bicyclic) bond motifs is 1. The molecule has 3 amide bonds. The van der Waals surface area contributed by atoms with E-state index in [2.05, 4.69) is 5.32 Å². The van der Waals surface area contributed by atoms with Crippen LogP contribution < -0.4 is 5.32 Å². The van der Waals surface area contributed by atoms with Crippen LogP contribution in [0.15, 0.2) is 18.2 Å². The molecular weight excluding hydrogens is 359 g/mol. The first-order valence-electron chi connectivity index (χ1n) is 7.93. The first-order chi connectivity index (χ1) is 11.7. The molecule has 0 aliphatic carbocycles. The zero-order valence-corrected chi connectivity index (χ0v) is 14.2. The van der Waals surface area contributed by atoms with E-state index in [4.69, 9.17) is 11.6 Å². The Morgan fingerprint density at radius 2 is 2.08 bits per heavy atom. The Bertz CT molecular complexity index is 710. The van der Waals surface area contributed by atoms with Gasteiger partial charge in [-0.1, -0.05) is 11.6 Å². The van der Waals surface area contributed by atoms with Crippen molar-refractivity contribution in [3.8, 4) is 0 Å². The molecule has 0 radical (unpaired) electrons. The minimum atomic E-state index is -4.54. The lowest BCUT2D eigenvalue weighted by Gasteiger charge is -2.41. The van der Waals surface area contributed by atoms with Gasteiger partial charge < -0.3 is 15.1 Å². The number of urea groups is 1. The first-order valence-corrected chi connectivity index (χ1v) is 8.31. The molecule has 2 aliphatic rings. The van der Waals surface area contributed by atoms with E-state index in [0.717, 1.165) is 31.0 Å². The number of alkyl halides is 3. The quantitative estimate of drug-likeness (QED) is 0.815. The summed E-state index contributed by atoms with van der Waals surface area (Å²) in [5.41, 5.74) is -1.04. The maximum Gasteiger partial charge on any atom is 0.416 e. The van der Waals surface area contributed by atoms with E-state index >= 15 is 0 Å². The maximum absolute atomic E-state index is 12.8. The van der Waals surface area contributed by atoms with E-state index in [1.165, 1.54) is 4.90 Å². The van der Waals surface area contributed by atoms with Gasteiger partial charge in [0.15, 0.2) is 0 Å². The molecule has 0 bridgehead atoms. The fraction of sp³-hybridized carbons (Fsp3) is 0.500. The second-order valence-electron chi connectivity index (χ2n) is 6.28. The summed E-state index contributed by atoms with van der Waals surface area (Å²) in [6.07, 6.45) is -2.84. The highest BCUT2D eigenvalue weighted by Crippen LogP contribution is 2.34. The van der Waals surface area contributed by atoms with Crippen molar-refractivity contribution in [2.24, 2.45) is 0 Å². The van der Waals surface area contributed by atoms with E-state index < -0.39 is 23.8 Å². The molecule has 1 aromatic rings. The number of benzene rings is 1. The number of carbonyl (C=O) groups is 2.